The van der Waals surface area contributed by atoms with Crippen molar-refractivity contribution in [3.05, 3.63) is 53.4 Å². The van der Waals surface area contributed by atoms with Gasteiger partial charge in [-0.25, -0.2) is 4.79 Å². The molecule has 1 fully saturated rings. The van der Waals surface area contributed by atoms with Gasteiger partial charge in [-0.15, -0.1) is 0 Å². The smallest absolute Gasteiger partial charge is 0.325 e. The summed E-state index contributed by atoms with van der Waals surface area (Å²) in [6, 6.07) is 11.3. The minimum Gasteiger partial charge on any atom is -0.361 e. The van der Waals surface area contributed by atoms with E-state index in [4.69, 9.17) is 4.52 Å². The second-order valence-corrected chi connectivity index (χ2v) is 6.07. The van der Waals surface area contributed by atoms with E-state index in [1.54, 1.807) is 19.9 Å². The number of aromatic nitrogens is 1. The molecule has 6 nitrogen and oxygen atoms in total. The molecule has 1 aromatic carbocycles. The summed E-state index contributed by atoms with van der Waals surface area (Å²) in [5.74, 6) is 0.429. The lowest BCUT2D eigenvalue weighted by Crippen LogP contribution is -2.44. The van der Waals surface area contributed by atoms with Gasteiger partial charge in [-0.2, -0.15) is 0 Å². The van der Waals surface area contributed by atoms with Gasteiger partial charge in [0.2, 0.25) is 0 Å². The predicted molar refractivity (Wildman–Crippen MR) is 83.5 cm³/mol. The Morgan fingerprint density at radius 2 is 2.00 bits per heavy atom. The van der Waals surface area contributed by atoms with Crippen LogP contribution in [0.5, 0.6) is 0 Å². The molecule has 2 aromatic rings. The average molecular weight is 313 g/mol. The van der Waals surface area contributed by atoms with E-state index in [-0.39, 0.29) is 18.5 Å². The molecule has 120 valence electrons. The minimum atomic E-state index is -0.883. The van der Waals surface area contributed by atoms with Crippen LogP contribution in [0.25, 0.3) is 0 Å². The molecule has 3 rings (SSSR count). The topological polar surface area (TPSA) is 75.4 Å². The van der Waals surface area contributed by atoms with Gasteiger partial charge in [-0.1, -0.05) is 35.5 Å². The van der Waals surface area contributed by atoms with Crippen molar-refractivity contribution in [2.75, 3.05) is 0 Å². The highest BCUT2D eigenvalue weighted by Crippen LogP contribution is 2.24. The van der Waals surface area contributed by atoms with Gasteiger partial charge < -0.3 is 9.84 Å². The number of amides is 3. The molecular formula is C17H19N3O3. The molecule has 1 aliphatic heterocycles. The maximum absolute atomic E-state index is 12.7. The van der Waals surface area contributed by atoms with Crippen LogP contribution in [0.1, 0.15) is 30.4 Å². The van der Waals surface area contributed by atoms with E-state index < -0.39 is 5.54 Å². The van der Waals surface area contributed by atoms with Crippen LogP contribution in [0.2, 0.25) is 0 Å². The van der Waals surface area contributed by atoms with E-state index in [0.29, 0.717) is 17.9 Å². The summed E-state index contributed by atoms with van der Waals surface area (Å²) >= 11 is 0. The zero-order valence-electron chi connectivity index (χ0n) is 13.2. The highest BCUT2D eigenvalue weighted by Gasteiger charge is 2.47. The molecule has 1 N–H and O–H groups in total. The van der Waals surface area contributed by atoms with Gasteiger partial charge in [0.25, 0.3) is 5.91 Å². The standard InChI is InChI=1S/C17H19N3O3/c1-12-10-14(19-23-12)11-20-15(21)17(2,18-16(20)22)9-8-13-6-4-3-5-7-13/h3-7,10H,8-9,11H2,1-2H3,(H,18,22)/t17-/m1/s1. The Bertz CT molecular complexity index is 726. The summed E-state index contributed by atoms with van der Waals surface area (Å²) in [5.41, 5.74) is 0.825. The molecule has 0 aliphatic carbocycles. The van der Waals surface area contributed by atoms with Crippen molar-refractivity contribution in [1.29, 1.82) is 0 Å². The minimum absolute atomic E-state index is 0.128. The van der Waals surface area contributed by atoms with Gasteiger partial charge in [-0.3, -0.25) is 9.69 Å². The molecule has 2 heterocycles. The number of benzene rings is 1. The van der Waals surface area contributed by atoms with Crippen molar-refractivity contribution in [2.24, 2.45) is 0 Å². The van der Waals surface area contributed by atoms with Crippen LogP contribution in [0, 0.1) is 6.92 Å². The maximum atomic E-state index is 12.7. The number of carbonyl (C=O) groups is 2. The quantitative estimate of drug-likeness (QED) is 0.860. The van der Waals surface area contributed by atoms with Crippen LogP contribution < -0.4 is 5.32 Å². The third-order valence-electron chi connectivity index (χ3n) is 4.10. The number of urea groups is 1. The number of hydrogen-bond acceptors (Lipinski definition) is 4. The zero-order chi connectivity index (χ0) is 16.4. The molecule has 1 saturated heterocycles. The Labute approximate surface area is 134 Å². The van der Waals surface area contributed by atoms with E-state index in [1.807, 2.05) is 30.3 Å². The first-order valence-electron chi connectivity index (χ1n) is 7.58. The summed E-state index contributed by atoms with van der Waals surface area (Å²) in [5, 5.41) is 6.65. The second kappa shape index (κ2) is 5.87. The fourth-order valence-corrected chi connectivity index (χ4v) is 2.75. The summed E-state index contributed by atoms with van der Waals surface area (Å²) < 4.78 is 4.98. The van der Waals surface area contributed by atoms with Crippen LogP contribution in [0.15, 0.2) is 40.9 Å². The normalized spacial score (nSPS) is 20.9. The van der Waals surface area contributed by atoms with Gasteiger partial charge in [0, 0.05) is 6.07 Å². The Kier molecular flexibility index (Phi) is 3.90. The third-order valence-corrected chi connectivity index (χ3v) is 4.10. The molecule has 1 atom stereocenters. The SMILES string of the molecule is Cc1cc(CN2C(=O)N[C@](C)(CCc3ccccc3)C2=O)no1. The lowest BCUT2D eigenvalue weighted by atomic mass is 9.93. The van der Waals surface area contributed by atoms with Crippen LogP contribution in [-0.2, 0) is 17.8 Å². The molecule has 3 amide bonds. The first-order valence-corrected chi connectivity index (χ1v) is 7.58. The molecule has 1 aromatic heterocycles. The summed E-state index contributed by atoms with van der Waals surface area (Å²) in [4.78, 5) is 26.0. The molecular weight excluding hydrogens is 294 g/mol. The number of nitrogens with zero attached hydrogens (tertiary/aromatic N) is 2. The molecule has 0 saturated carbocycles. The van der Waals surface area contributed by atoms with Crippen molar-refractivity contribution in [3.8, 4) is 0 Å². The molecule has 23 heavy (non-hydrogen) atoms. The van der Waals surface area contributed by atoms with E-state index in [2.05, 4.69) is 10.5 Å². The number of imide groups is 1. The second-order valence-electron chi connectivity index (χ2n) is 6.07. The summed E-state index contributed by atoms with van der Waals surface area (Å²) in [6.07, 6.45) is 1.27. The largest absolute Gasteiger partial charge is 0.361 e. The fourth-order valence-electron chi connectivity index (χ4n) is 2.75. The predicted octanol–water partition coefficient (Wildman–Crippen LogP) is 2.43. The number of hydrogen-bond donors (Lipinski definition) is 1. The fraction of sp³-hybridized carbons (Fsp3) is 0.353. The first kappa shape index (κ1) is 15.3. The Morgan fingerprint density at radius 3 is 2.65 bits per heavy atom. The van der Waals surface area contributed by atoms with Crippen LogP contribution in [-0.4, -0.2) is 27.5 Å². The molecule has 1 aliphatic rings. The van der Waals surface area contributed by atoms with E-state index in [0.717, 1.165) is 12.0 Å². The monoisotopic (exact) mass is 313 g/mol. The number of rotatable bonds is 5. The van der Waals surface area contributed by atoms with E-state index in [1.165, 1.54) is 4.90 Å². The lowest BCUT2D eigenvalue weighted by molar-refractivity contribution is -0.131. The highest BCUT2D eigenvalue weighted by molar-refractivity contribution is 6.06. The summed E-state index contributed by atoms with van der Waals surface area (Å²) in [6.45, 7) is 3.67. The van der Waals surface area contributed by atoms with Crippen molar-refractivity contribution < 1.29 is 14.1 Å². The summed E-state index contributed by atoms with van der Waals surface area (Å²) in [7, 11) is 0. The van der Waals surface area contributed by atoms with Crippen molar-refractivity contribution in [3.63, 3.8) is 0 Å². The number of carbonyl (C=O) groups excluding carboxylic acids is 2. The first-order chi connectivity index (χ1) is 11.0. The zero-order valence-corrected chi connectivity index (χ0v) is 13.2. The van der Waals surface area contributed by atoms with Crippen LogP contribution >= 0.6 is 0 Å². The van der Waals surface area contributed by atoms with E-state index >= 15 is 0 Å². The Hall–Kier alpha value is -2.63. The van der Waals surface area contributed by atoms with E-state index in [9.17, 15) is 9.59 Å². The van der Waals surface area contributed by atoms with Crippen LogP contribution in [0.3, 0.4) is 0 Å². The molecule has 6 heteroatoms. The van der Waals surface area contributed by atoms with Gasteiger partial charge in [-0.05, 0) is 32.3 Å². The Balaban J connectivity index is 1.69. The highest BCUT2D eigenvalue weighted by atomic mass is 16.5. The van der Waals surface area contributed by atoms with Crippen LogP contribution in [0.4, 0.5) is 4.79 Å². The maximum Gasteiger partial charge on any atom is 0.325 e. The van der Waals surface area contributed by atoms with Gasteiger partial charge in [0.05, 0.1) is 6.54 Å². The molecule has 0 radical (unpaired) electrons. The number of nitrogens with one attached hydrogen (secondary N) is 1. The molecule has 0 bridgehead atoms. The molecule has 0 unspecified atom stereocenters. The third kappa shape index (κ3) is 3.11. The van der Waals surface area contributed by atoms with Crippen molar-refractivity contribution >= 4 is 11.9 Å². The lowest BCUT2D eigenvalue weighted by Gasteiger charge is -2.21. The molecule has 0 spiro atoms. The van der Waals surface area contributed by atoms with Crippen molar-refractivity contribution in [1.82, 2.24) is 15.4 Å². The Morgan fingerprint density at radius 1 is 1.26 bits per heavy atom. The average Bonchev–Trinajstić information content (AvgIpc) is 3.04. The van der Waals surface area contributed by atoms with Gasteiger partial charge in [0.1, 0.15) is 17.0 Å². The number of aryl methyl sites for hydroxylation is 2. The van der Waals surface area contributed by atoms with Crippen molar-refractivity contribution in [2.45, 2.75) is 38.8 Å². The van der Waals surface area contributed by atoms with Gasteiger partial charge in [0.15, 0.2) is 0 Å². The van der Waals surface area contributed by atoms with Gasteiger partial charge >= 0.3 is 6.03 Å².